The average molecular weight is 297 g/mol. The highest BCUT2D eigenvalue weighted by Crippen LogP contribution is 2.13. The number of hydrogen-bond donors (Lipinski definition) is 2. The molecule has 21 heavy (non-hydrogen) atoms. The first-order valence-electron chi connectivity index (χ1n) is 7.88. The van der Waals surface area contributed by atoms with E-state index in [1.54, 1.807) is 6.07 Å². The van der Waals surface area contributed by atoms with Crippen molar-refractivity contribution in [1.82, 2.24) is 5.32 Å². The molecule has 1 aromatic carbocycles. The van der Waals surface area contributed by atoms with Gasteiger partial charge in [0.2, 0.25) is 0 Å². The minimum absolute atomic E-state index is 0.0000887. The summed E-state index contributed by atoms with van der Waals surface area (Å²) in [6, 6.07) is 6.50. The summed E-state index contributed by atoms with van der Waals surface area (Å²) >= 11 is 0. The highest BCUT2D eigenvalue weighted by atomic mass is 19.1. The molecule has 0 saturated heterocycles. The molecule has 0 radical (unpaired) electrons. The number of benzene rings is 1. The lowest BCUT2D eigenvalue weighted by Crippen LogP contribution is -2.32. The zero-order valence-corrected chi connectivity index (χ0v) is 13.1. The van der Waals surface area contributed by atoms with E-state index in [2.05, 4.69) is 12.2 Å². The Labute approximate surface area is 127 Å². The van der Waals surface area contributed by atoms with Crippen molar-refractivity contribution < 1.29 is 14.2 Å². The van der Waals surface area contributed by atoms with Crippen LogP contribution < -0.4 is 5.32 Å². The Morgan fingerprint density at radius 1 is 1.29 bits per heavy atom. The molecule has 1 aromatic rings. The predicted octanol–water partition coefficient (Wildman–Crippen LogP) is 3.43. The molecule has 0 aliphatic heterocycles. The minimum atomic E-state index is -0.535. The number of unbranched alkanes of at least 4 members (excludes halogenated alkanes) is 3. The molecule has 3 nitrogen and oxygen atoms in total. The summed E-state index contributed by atoms with van der Waals surface area (Å²) in [6.45, 7) is 5.61. The monoisotopic (exact) mass is 297 g/mol. The van der Waals surface area contributed by atoms with Crippen LogP contribution in [0.25, 0.3) is 0 Å². The second kappa shape index (κ2) is 10.7. The fraction of sp³-hybridized carbons (Fsp3) is 0.647. The van der Waals surface area contributed by atoms with Crippen LogP contribution in [0.4, 0.5) is 4.39 Å². The van der Waals surface area contributed by atoms with E-state index in [0.29, 0.717) is 19.8 Å². The summed E-state index contributed by atoms with van der Waals surface area (Å²) < 4.78 is 18.6. The molecular formula is C17H28FNO2. The van der Waals surface area contributed by atoms with Gasteiger partial charge in [-0.3, -0.25) is 0 Å². The Morgan fingerprint density at radius 2 is 2.10 bits per heavy atom. The van der Waals surface area contributed by atoms with Crippen LogP contribution in [0.1, 0.15) is 51.1 Å². The van der Waals surface area contributed by atoms with Crippen LogP contribution in [0.5, 0.6) is 0 Å². The Bertz CT molecular complexity index is 387. The van der Waals surface area contributed by atoms with Crippen LogP contribution in [-0.4, -0.2) is 31.0 Å². The zero-order valence-electron chi connectivity index (χ0n) is 13.1. The summed E-state index contributed by atoms with van der Waals surface area (Å²) in [6.07, 6.45) is 4.14. The maximum absolute atomic E-state index is 13.1. The Hall–Kier alpha value is -0.970. The highest BCUT2D eigenvalue weighted by Gasteiger charge is 2.09. The van der Waals surface area contributed by atoms with E-state index in [1.807, 2.05) is 13.0 Å². The van der Waals surface area contributed by atoms with Crippen molar-refractivity contribution in [3.8, 4) is 0 Å². The van der Waals surface area contributed by atoms with Crippen molar-refractivity contribution >= 4 is 0 Å². The summed E-state index contributed by atoms with van der Waals surface area (Å²) in [7, 11) is 0. The summed E-state index contributed by atoms with van der Waals surface area (Å²) in [5, 5.41) is 13.0. The number of hydrogen-bond acceptors (Lipinski definition) is 3. The van der Waals surface area contributed by atoms with Gasteiger partial charge in [0.15, 0.2) is 0 Å². The fourth-order valence-electron chi connectivity index (χ4n) is 2.12. The van der Waals surface area contributed by atoms with E-state index in [9.17, 15) is 9.50 Å². The lowest BCUT2D eigenvalue weighted by atomic mass is 10.1. The molecule has 0 aliphatic carbocycles. The van der Waals surface area contributed by atoms with Gasteiger partial charge in [-0.1, -0.05) is 38.3 Å². The van der Waals surface area contributed by atoms with Crippen molar-refractivity contribution in [1.29, 1.82) is 0 Å². The van der Waals surface area contributed by atoms with Crippen molar-refractivity contribution in [3.05, 3.63) is 35.6 Å². The summed E-state index contributed by atoms with van der Waals surface area (Å²) in [4.78, 5) is 0. The first-order valence-corrected chi connectivity index (χ1v) is 7.88. The average Bonchev–Trinajstić information content (AvgIpc) is 2.48. The van der Waals surface area contributed by atoms with Crippen molar-refractivity contribution in [2.24, 2.45) is 0 Å². The minimum Gasteiger partial charge on any atom is -0.389 e. The number of aliphatic hydroxyl groups is 1. The smallest absolute Gasteiger partial charge is 0.123 e. The Kier molecular flexibility index (Phi) is 9.22. The normalized spacial score (nSPS) is 14.1. The predicted molar refractivity (Wildman–Crippen MR) is 83.8 cm³/mol. The number of nitrogens with one attached hydrogen (secondary N) is 1. The van der Waals surface area contributed by atoms with Gasteiger partial charge < -0.3 is 15.2 Å². The van der Waals surface area contributed by atoms with E-state index in [1.165, 1.54) is 31.4 Å². The second-order valence-corrected chi connectivity index (χ2v) is 5.47. The first-order chi connectivity index (χ1) is 10.1. The van der Waals surface area contributed by atoms with Gasteiger partial charge in [-0.15, -0.1) is 0 Å². The third kappa shape index (κ3) is 8.15. The molecule has 2 unspecified atom stereocenters. The summed E-state index contributed by atoms with van der Waals surface area (Å²) in [5.41, 5.74) is 0.877. The molecule has 2 N–H and O–H groups in total. The SMILES string of the molecule is CCCCCCOCC(O)CNC(C)c1cccc(F)c1. The van der Waals surface area contributed by atoms with Gasteiger partial charge in [0, 0.05) is 19.2 Å². The Balaban J connectivity index is 2.13. The lowest BCUT2D eigenvalue weighted by molar-refractivity contribution is 0.0343. The molecule has 4 heteroatoms. The molecule has 0 heterocycles. The molecule has 0 bridgehead atoms. The van der Waals surface area contributed by atoms with Gasteiger partial charge in [0.1, 0.15) is 5.82 Å². The standard InChI is InChI=1S/C17H28FNO2/c1-3-4-5-6-10-21-13-17(20)12-19-14(2)15-8-7-9-16(18)11-15/h7-9,11,14,17,19-20H,3-6,10,12-13H2,1-2H3. The Morgan fingerprint density at radius 3 is 2.81 bits per heavy atom. The molecule has 0 spiro atoms. The van der Waals surface area contributed by atoms with Crippen LogP contribution in [0.3, 0.4) is 0 Å². The largest absolute Gasteiger partial charge is 0.389 e. The number of ether oxygens (including phenoxy) is 1. The molecule has 0 fully saturated rings. The molecule has 0 saturated carbocycles. The van der Waals surface area contributed by atoms with Gasteiger partial charge in [-0.05, 0) is 31.0 Å². The lowest BCUT2D eigenvalue weighted by Gasteiger charge is -2.17. The number of rotatable bonds is 11. The van der Waals surface area contributed by atoms with Crippen molar-refractivity contribution in [2.75, 3.05) is 19.8 Å². The molecule has 0 aromatic heterocycles. The fourth-order valence-corrected chi connectivity index (χ4v) is 2.12. The van der Waals surface area contributed by atoms with Crippen molar-refractivity contribution in [2.45, 2.75) is 51.7 Å². The molecular weight excluding hydrogens is 269 g/mol. The first kappa shape index (κ1) is 18.1. The maximum Gasteiger partial charge on any atom is 0.123 e. The topological polar surface area (TPSA) is 41.5 Å². The van der Waals surface area contributed by atoms with Crippen LogP contribution in [-0.2, 0) is 4.74 Å². The van der Waals surface area contributed by atoms with Crippen LogP contribution >= 0.6 is 0 Å². The van der Waals surface area contributed by atoms with E-state index < -0.39 is 6.10 Å². The molecule has 1 rings (SSSR count). The van der Waals surface area contributed by atoms with Gasteiger partial charge in [0.05, 0.1) is 12.7 Å². The highest BCUT2D eigenvalue weighted by molar-refractivity contribution is 5.19. The quantitative estimate of drug-likeness (QED) is 0.615. The molecule has 120 valence electrons. The van der Waals surface area contributed by atoms with E-state index in [0.717, 1.165) is 12.0 Å². The van der Waals surface area contributed by atoms with Crippen molar-refractivity contribution in [3.63, 3.8) is 0 Å². The van der Waals surface area contributed by atoms with Crippen LogP contribution in [0.2, 0.25) is 0 Å². The summed E-state index contributed by atoms with van der Waals surface area (Å²) in [5.74, 6) is -0.239. The van der Waals surface area contributed by atoms with E-state index in [4.69, 9.17) is 4.74 Å². The van der Waals surface area contributed by atoms with Crippen LogP contribution in [0, 0.1) is 5.82 Å². The number of aliphatic hydroxyl groups excluding tert-OH is 1. The van der Waals surface area contributed by atoms with Gasteiger partial charge in [-0.2, -0.15) is 0 Å². The third-order valence-corrected chi connectivity index (χ3v) is 3.46. The molecule has 2 atom stereocenters. The van der Waals surface area contributed by atoms with Gasteiger partial charge >= 0.3 is 0 Å². The van der Waals surface area contributed by atoms with Crippen LogP contribution in [0.15, 0.2) is 24.3 Å². The molecule has 0 amide bonds. The number of halogens is 1. The second-order valence-electron chi connectivity index (χ2n) is 5.47. The van der Waals surface area contributed by atoms with E-state index >= 15 is 0 Å². The third-order valence-electron chi connectivity index (χ3n) is 3.46. The van der Waals surface area contributed by atoms with E-state index in [-0.39, 0.29) is 11.9 Å². The van der Waals surface area contributed by atoms with Gasteiger partial charge in [0.25, 0.3) is 0 Å². The van der Waals surface area contributed by atoms with Gasteiger partial charge in [-0.25, -0.2) is 4.39 Å². The molecule has 0 aliphatic rings. The maximum atomic E-state index is 13.1. The zero-order chi connectivity index (χ0) is 15.5.